The minimum absolute atomic E-state index is 0.0577. The Labute approximate surface area is 175 Å². The molecular weight excluding hydrogens is 388 g/mol. The molecule has 0 radical (unpaired) electrons. The molecule has 2 aliphatic heterocycles. The van der Waals surface area contributed by atoms with Crippen LogP contribution in [-0.4, -0.2) is 79.0 Å². The molecule has 5 rings (SSSR count). The van der Waals surface area contributed by atoms with Crippen LogP contribution < -0.4 is 5.32 Å². The fraction of sp³-hybridized carbons (Fsp3) is 0.850. The van der Waals surface area contributed by atoms with E-state index >= 15 is 0 Å². The molecule has 10 nitrogen and oxygen atoms in total. The van der Waals surface area contributed by atoms with Crippen molar-refractivity contribution in [3.8, 4) is 0 Å². The lowest BCUT2D eigenvalue weighted by molar-refractivity contribution is -0.143. The topological polar surface area (TPSA) is 133 Å². The van der Waals surface area contributed by atoms with Crippen molar-refractivity contribution in [2.24, 2.45) is 17.8 Å². The smallest absolute Gasteiger partial charge is 0.321 e. The molecule has 2 aliphatic carbocycles. The van der Waals surface area contributed by atoms with Gasteiger partial charge in [0.2, 0.25) is 0 Å². The Balaban J connectivity index is 1.22. The van der Waals surface area contributed by atoms with Crippen molar-refractivity contribution in [1.29, 1.82) is 0 Å². The first-order valence-electron chi connectivity index (χ1n) is 11.2. The zero-order valence-corrected chi connectivity index (χ0v) is 17.1. The fourth-order valence-electron chi connectivity index (χ4n) is 5.75. The summed E-state index contributed by atoms with van der Waals surface area (Å²) in [6.07, 6.45) is 6.54. The van der Waals surface area contributed by atoms with Crippen molar-refractivity contribution in [2.75, 3.05) is 19.6 Å². The Morgan fingerprint density at radius 3 is 2.60 bits per heavy atom. The Bertz CT molecular complexity index is 811. The highest BCUT2D eigenvalue weighted by Crippen LogP contribution is 2.40. The van der Waals surface area contributed by atoms with Crippen molar-refractivity contribution in [1.82, 2.24) is 30.4 Å². The van der Waals surface area contributed by atoms with Crippen LogP contribution in [0.2, 0.25) is 0 Å². The maximum absolute atomic E-state index is 11.9. The molecule has 2 saturated heterocycles. The molecular formula is C20H30N6O4. The Morgan fingerprint density at radius 1 is 1.03 bits per heavy atom. The zero-order chi connectivity index (χ0) is 20.8. The lowest BCUT2D eigenvalue weighted by Crippen LogP contribution is -2.50. The SMILES string of the molecule is O=C(O)C1CC2CC(CN3CC(n4nnc(C5CC5)n4)CC3C(=O)O)CCC2CN1. The van der Waals surface area contributed by atoms with Gasteiger partial charge in [0, 0.05) is 19.0 Å². The van der Waals surface area contributed by atoms with E-state index in [9.17, 15) is 19.8 Å². The quantitative estimate of drug-likeness (QED) is 0.611. The summed E-state index contributed by atoms with van der Waals surface area (Å²) in [5, 5.41) is 35.2. The largest absolute Gasteiger partial charge is 0.480 e. The molecule has 1 aromatic rings. The molecule has 6 atom stereocenters. The second-order valence-electron chi connectivity index (χ2n) is 9.67. The third-order valence-electron chi connectivity index (χ3n) is 7.58. The average molecular weight is 418 g/mol. The molecule has 0 aromatic carbocycles. The first kappa shape index (κ1) is 19.9. The zero-order valence-electron chi connectivity index (χ0n) is 17.1. The molecule has 4 fully saturated rings. The van der Waals surface area contributed by atoms with Gasteiger partial charge < -0.3 is 15.5 Å². The van der Waals surface area contributed by atoms with Crippen molar-refractivity contribution < 1.29 is 19.8 Å². The Hall–Kier alpha value is -2.07. The number of nitrogens with one attached hydrogen (secondary N) is 1. The minimum Gasteiger partial charge on any atom is -0.480 e. The molecule has 1 aromatic heterocycles. The van der Waals surface area contributed by atoms with Crippen LogP contribution >= 0.6 is 0 Å². The second-order valence-corrected chi connectivity index (χ2v) is 9.67. The van der Waals surface area contributed by atoms with Crippen LogP contribution in [0.25, 0.3) is 0 Å². The Kier molecular flexibility index (Phi) is 5.22. The van der Waals surface area contributed by atoms with Crippen LogP contribution in [0.5, 0.6) is 0 Å². The normalized spacial score (nSPS) is 37.1. The van der Waals surface area contributed by atoms with Crippen molar-refractivity contribution in [3.63, 3.8) is 0 Å². The molecule has 30 heavy (non-hydrogen) atoms. The van der Waals surface area contributed by atoms with E-state index in [0.717, 1.165) is 51.0 Å². The molecule has 10 heteroatoms. The standard InChI is InChI=1S/C20H30N6O4/c27-19(28)16-6-14-5-11(1-2-13(14)8-21-16)9-25-10-15(7-17(25)20(29)30)26-23-18(22-24-26)12-3-4-12/h11-17,21H,1-10H2,(H,27,28)(H,29,30). The van der Waals surface area contributed by atoms with Gasteiger partial charge in [-0.2, -0.15) is 4.80 Å². The third-order valence-corrected chi connectivity index (χ3v) is 7.58. The minimum atomic E-state index is -0.790. The number of hydrogen-bond donors (Lipinski definition) is 3. The number of hydrogen-bond acceptors (Lipinski definition) is 7. The number of nitrogens with zero attached hydrogens (tertiary/aromatic N) is 5. The van der Waals surface area contributed by atoms with E-state index in [1.54, 1.807) is 4.80 Å². The van der Waals surface area contributed by atoms with E-state index in [1.807, 2.05) is 0 Å². The number of fused-ring (bicyclic) bond motifs is 1. The second kappa shape index (κ2) is 7.88. The molecule has 4 aliphatic rings. The number of likely N-dealkylation sites (tertiary alicyclic amines) is 1. The summed E-state index contributed by atoms with van der Waals surface area (Å²) in [7, 11) is 0. The number of piperidine rings is 1. The molecule has 164 valence electrons. The first-order valence-corrected chi connectivity index (χ1v) is 11.2. The number of aliphatic carboxylic acids is 2. The molecule has 2 saturated carbocycles. The highest BCUT2D eigenvalue weighted by molar-refractivity contribution is 5.74. The molecule has 0 amide bonds. The highest BCUT2D eigenvalue weighted by atomic mass is 16.4. The molecule has 6 unspecified atom stereocenters. The molecule has 3 heterocycles. The van der Waals surface area contributed by atoms with Crippen molar-refractivity contribution in [2.45, 2.75) is 69.0 Å². The van der Waals surface area contributed by atoms with Gasteiger partial charge in [-0.15, -0.1) is 10.2 Å². The summed E-state index contributed by atoms with van der Waals surface area (Å²) >= 11 is 0. The molecule has 0 spiro atoms. The lowest BCUT2D eigenvalue weighted by atomic mass is 9.69. The van der Waals surface area contributed by atoms with Crippen LogP contribution in [-0.2, 0) is 9.59 Å². The lowest BCUT2D eigenvalue weighted by Gasteiger charge is -2.42. The maximum Gasteiger partial charge on any atom is 0.321 e. The van der Waals surface area contributed by atoms with Crippen LogP contribution in [0.4, 0.5) is 0 Å². The van der Waals surface area contributed by atoms with Gasteiger partial charge in [0.1, 0.15) is 12.1 Å². The van der Waals surface area contributed by atoms with E-state index in [-0.39, 0.29) is 6.04 Å². The van der Waals surface area contributed by atoms with Crippen LogP contribution in [0.15, 0.2) is 0 Å². The Morgan fingerprint density at radius 2 is 1.87 bits per heavy atom. The number of carbonyl (C=O) groups is 2. The predicted octanol–water partition coefficient (Wildman–Crippen LogP) is 0.730. The van der Waals surface area contributed by atoms with E-state index in [0.29, 0.717) is 43.1 Å². The molecule has 0 bridgehead atoms. The van der Waals surface area contributed by atoms with Crippen LogP contribution in [0.3, 0.4) is 0 Å². The van der Waals surface area contributed by atoms with Gasteiger partial charge in [-0.1, -0.05) is 0 Å². The van der Waals surface area contributed by atoms with E-state index in [2.05, 4.69) is 25.6 Å². The van der Waals surface area contributed by atoms with E-state index in [1.165, 1.54) is 0 Å². The summed E-state index contributed by atoms with van der Waals surface area (Å²) in [5.41, 5.74) is 0. The van der Waals surface area contributed by atoms with E-state index in [4.69, 9.17) is 0 Å². The maximum atomic E-state index is 11.9. The summed E-state index contributed by atoms with van der Waals surface area (Å²) in [5.74, 6) is 1.02. The summed E-state index contributed by atoms with van der Waals surface area (Å²) in [6, 6.07) is -1.03. The number of aromatic nitrogens is 4. The van der Waals surface area contributed by atoms with Gasteiger partial charge >= 0.3 is 11.9 Å². The van der Waals surface area contributed by atoms with Gasteiger partial charge in [0.15, 0.2) is 5.82 Å². The fourth-order valence-corrected chi connectivity index (χ4v) is 5.75. The van der Waals surface area contributed by atoms with Gasteiger partial charge in [-0.05, 0) is 74.5 Å². The summed E-state index contributed by atoms with van der Waals surface area (Å²) in [6.45, 7) is 2.15. The van der Waals surface area contributed by atoms with Crippen LogP contribution in [0, 0.1) is 17.8 Å². The number of carboxylic acids is 2. The summed E-state index contributed by atoms with van der Waals surface area (Å²) in [4.78, 5) is 27.0. The highest BCUT2D eigenvalue weighted by Gasteiger charge is 2.43. The number of carboxylic acid groups (broad SMARTS) is 2. The third kappa shape index (κ3) is 3.94. The van der Waals surface area contributed by atoms with Crippen molar-refractivity contribution >= 4 is 11.9 Å². The van der Waals surface area contributed by atoms with Gasteiger partial charge in [0.25, 0.3) is 0 Å². The predicted molar refractivity (Wildman–Crippen MR) is 105 cm³/mol. The van der Waals surface area contributed by atoms with Gasteiger partial charge in [0.05, 0.1) is 6.04 Å². The van der Waals surface area contributed by atoms with E-state index < -0.39 is 24.0 Å². The average Bonchev–Trinajstić information content (AvgIpc) is 3.30. The van der Waals surface area contributed by atoms with Crippen molar-refractivity contribution in [3.05, 3.63) is 5.82 Å². The van der Waals surface area contributed by atoms with Crippen LogP contribution in [0.1, 0.15) is 62.7 Å². The summed E-state index contributed by atoms with van der Waals surface area (Å²) < 4.78 is 0. The monoisotopic (exact) mass is 418 g/mol. The number of tetrazole rings is 1. The molecule has 3 N–H and O–H groups in total. The van der Waals surface area contributed by atoms with Gasteiger partial charge in [-0.3, -0.25) is 14.5 Å². The number of rotatable bonds is 6. The first-order chi connectivity index (χ1) is 14.5. The van der Waals surface area contributed by atoms with Gasteiger partial charge in [-0.25, -0.2) is 0 Å².